The highest BCUT2D eigenvalue weighted by Crippen LogP contribution is 2.05. The van der Waals surface area contributed by atoms with Crippen LogP contribution in [0, 0.1) is 6.92 Å². The van der Waals surface area contributed by atoms with Crippen molar-refractivity contribution >= 4 is 29.9 Å². The zero-order valence-corrected chi connectivity index (χ0v) is 17.6. The molecule has 132 valence electrons. The van der Waals surface area contributed by atoms with Crippen LogP contribution in [0.25, 0.3) is 0 Å². The van der Waals surface area contributed by atoms with Crippen LogP contribution in [-0.2, 0) is 6.54 Å². The lowest BCUT2D eigenvalue weighted by molar-refractivity contribution is 0.268. The molecular weight excluding hydrogens is 399 g/mol. The molecule has 1 aromatic carbocycles. The molecule has 0 aliphatic carbocycles. The third kappa shape index (κ3) is 9.15. The van der Waals surface area contributed by atoms with Gasteiger partial charge in [-0.1, -0.05) is 24.3 Å². The van der Waals surface area contributed by atoms with Crippen LogP contribution in [0.15, 0.2) is 29.3 Å². The van der Waals surface area contributed by atoms with Gasteiger partial charge >= 0.3 is 0 Å². The third-order valence-electron chi connectivity index (χ3n) is 4.04. The molecule has 5 heteroatoms. The number of hydrogen-bond donors (Lipinski definition) is 2. The predicted molar refractivity (Wildman–Crippen MR) is 112 cm³/mol. The van der Waals surface area contributed by atoms with Gasteiger partial charge in [0.25, 0.3) is 0 Å². The molecule has 0 aliphatic rings. The van der Waals surface area contributed by atoms with Gasteiger partial charge in [-0.25, -0.2) is 0 Å². The van der Waals surface area contributed by atoms with Gasteiger partial charge in [0.1, 0.15) is 0 Å². The zero-order chi connectivity index (χ0) is 16.4. The molecule has 0 bridgehead atoms. The minimum Gasteiger partial charge on any atom is -0.356 e. The predicted octanol–water partition coefficient (Wildman–Crippen LogP) is 3.40. The summed E-state index contributed by atoms with van der Waals surface area (Å²) in [6.07, 6.45) is 2.36. The Morgan fingerprint density at radius 1 is 1.17 bits per heavy atom. The van der Waals surface area contributed by atoms with E-state index in [1.165, 1.54) is 17.5 Å². The van der Waals surface area contributed by atoms with Crippen molar-refractivity contribution in [1.29, 1.82) is 0 Å². The van der Waals surface area contributed by atoms with Gasteiger partial charge in [-0.15, -0.1) is 24.0 Å². The van der Waals surface area contributed by atoms with Crippen molar-refractivity contribution in [2.45, 2.75) is 46.2 Å². The first-order valence-electron chi connectivity index (χ1n) is 8.24. The summed E-state index contributed by atoms with van der Waals surface area (Å²) in [4.78, 5) is 6.66. The Hall–Kier alpha value is -0.820. The molecule has 0 amide bonds. The van der Waals surface area contributed by atoms with Crippen LogP contribution < -0.4 is 10.6 Å². The fourth-order valence-corrected chi connectivity index (χ4v) is 2.16. The standard InChI is InChI=1S/C18H32N4.HI/c1-15(2)22(5)13-9-8-12-20-18(19-4)21-14-17-11-7-6-10-16(17)3;/h6-7,10-11,15H,8-9,12-14H2,1-5H3,(H2,19,20,21);1H. The average molecular weight is 432 g/mol. The van der Waals surface area contributed by atoms with Crippen molar-refractivity contribution in [3.63, 3.8) is 0 Å². The summed E-state index contributed by atoms with van der Waals surface area (Å²) in [6.45, 7) is 9.51. The van der Waals surface area contributed by atoms with E-state index in [1.807, 2.05) is 7.05 Å². The summed E-state index contributed by atoms with van der Waals surface area (Å²) < 4.78 is 0. The molecule has 0 aromatic heterocycles. The Labute approximate surface area is 159 Å². The summed E-state index contributed by atoms with van der Waals surface area (Å²) in [7, 11) is 4.00. The molecule has 0 radical (unpaired) electrons. The molecule has 1 aromatic rings. The summed E-state index contributed by atoms with van der Waals surface area (Å²) in [5, 5.41) is 6.76. The Bertz CT molecular complexity index is 460. The van der Waals surface area contributed by atoms with Crippen molar-refractivity contribution in [3.05, 3.63) is 35.4 Å². The van der Waals surface area contributed by atoms with Gasteiger partial charge in [0.15, 0.2) is 5.96 Å². The topological polar surface area (TPSA) is 39.7 Å². The van der Waals surface area contributed by atoms with E-state index in [4.69, 9.17) is 0 Å². The number of nitrogens with zero attached hydrogens (tertiary/aromatic N) is 2. The Morgan fingerprint density at radius 2 is 1.87 bits per heavy atom. The normalized spacial score (nSPS) is 11.5. The van der Waals surface area contributed by atoms with Crippen LogP contribution >= 0.6 is 24.0 Å². The van der Waals surface area contributed by atoms with E-state index in [0.717, 1.165) is 32.0 Å². The van der Waals surface area contributed by atoms with Gasteiger partial charge in [-0.2, -0.15) is 0 Å². The third-order valence-corrected chi connectivity index (χ3v) is 4.04. The fourth-order valence-electron chi connectivity index (χ4n) is 2.16. The fraction of sp³-hybridized carbons (Fsp3) is 0.611. The van der Waals surface area contributed by atoms with E-state index < -0.39 is 0 Å². The van der Waals surface area contributed by atoms with Gasteiger partial charge < -0.3 is 15.5 Å². The van der Waals surface area contributed by atoms with Crippen molar-refractivity contribution in [1.82, 2.24) is 15.5 Å². The average Bonchev–Trinajstić information content (AvgIpc) is 2.51. The van der Waals surface area contributed by atoms with Crippen molar-refractivity contribution in [2.75, 3.05) is 27.2 Å². The molecule has 4 nitrogen and oxygen atoms in total. The molecule has 0 aliphatic heterocycles. The first kappa shape index (κ1) is 22.2. The van der Waals surface area contributed by atoms with E-state index in [1.54, 1.807) is 0 Å². The SMILES string of the molecule is CN=C(NCCCCN(C)C(C)C)NCc1ccccc1C.I. The van der Waals surface area contributed by atoms with Gasteiger partial charge in [0.05, 0.1) is 0 Å². The van der Waals surface area contributed by atoms with E-state index in [0.29, 0.717) is 6.04 Å². The summed E-state index contributed by atoms with van der Waals surface area (Å²) >= 11 is 0. The van der Waals surface area contributed by atoms with Crippen LogP contribution in [0.5, 0.6) is 0 Å². The molecule has 23 heavy (non-hydrogen) atoms. The molecule has 2 N–H and O–H groups in total. The van der Waals surface area contributed by atoms with Gasteiger partial charge in [0.2, 0.25) is 0 Å². The number of unbranched alkanes of at least 4 members (excludes halogenated alkanes) is 1. The van der Waals surface area contributed by atoms with E-state index in [-0.39, 0.29) is 24.0 Å². The maximum absolute atomic E-state index is 4.28. The molecule has 0 spiro atoms. The Morgan fingerprint density at radius 3 is 2.48 bits per heavy atom. The quantitative estimate of drug-likeness (QED) is 0.286. The second-order valence-corrected chi connectivity index (χ2v) is 6.06. The number of aryl methyl sites for hydroxylation is 1. The lowest BCUT2D eigenvalue weighted by atomic mass is 10.1. The number of guanidine groups is 1. The van der Waals surface area contributed by atoms with Crippen molar-refractivity contribution < 1.29 is 0 Å². The van der Waals surface area contributed by atoms with Crippen molar-refractivity contribution in [2.24, 2.45) is 4.99 Å². The molecule has 0 heterocycles. The molecule has 0 unspecified atom stereocenters. The summed E-state index contributed by atoms with van der Waals surface area (Å²) in [5.41, 5.74) is 2.62. The molecule has 0 atom stereocenters. The van der Waals surface area contributed by atoms with Gasteiger partial charge in [0, 0.05) is 26.2 Å². The minimum atomic E-state index is 0. The highest BCUT2D eigenvalue weighted by atomic mass is 127. The van der Waals surface area contributed by atoms with E-state index in [2.05, 4.69) is 72.6 Å². The summed E-state index contributed by atoms with van der Waals surface area (Å²) in [5.74, 6) is 0.875. The maximum atomic E-state index is 4.28. The molecule has 0 fully saturated rings. The lowest BCUT2D eigenvalue weighted by Crippen LogP contribution is -2.37. The number of benzene rings is 1. The maximum Gasteiger partial charge on any atom is 0.191 e. The lowest BCUT2D eigenvalue weighted by Gasteiger charge is -2.20. The largest absolute Gasteiger partial charge is 0.356 e. The Kier molecular flexibility index (Phi) is 12.1. The smallest absolute Gasteiger partial charge is 0.191 e. The van der Waals surface area contributed by atoms with Crippen LogP contribution in [0.4, 0.5) is 0 Å². The van der Waals surface area contributed by atoms with Crippen LogP contribution in [-0.4, -0.2) is 44.1 Å². The minimum absolute atomic E-state index is 0. The zero-order valence-electron chi connectivity index (χ0n) is 15.2. The number of halogens is 1. The highest BCUT2D eigenvalue weighted by Gasteiger charge is 2.03. The number of nitrogens with one attached hydrogen (secondary N) is 2. The first-order valence-corrected chi connectivity index (χ1v) is 8.24. The van der Waals surface area contributed by atoms with Crippen LogP contribution in [0.1, 0.15) is 37.8 Å². The highest BCUT2D eigenvalue weighted by molar-refractivity contribution is 14.0. The second kappa shape index (κ2) is 12.6. The second-order valence-electron chi connectivity index (χ2n) is 6.06. The Balaban J connectivity index is 0.00000484. The van der Waals surface area contributed by atoms with Crippen LogP contribution in [0.2, 0.25) is 0 Å². The monoisotopic (exact) mass is 432 g/mol. The summed E-state index contributed by atoms with van der Waals surface area (Å²) in [6, 6.07) is 9.05. The molecule has 0 saturated heterocycles. The van der Waals surface area contributed by atoms with Crippen LogP contribution in [0.3, 0.4) is 0 Å². The number of rotatable bonds is 8. The van der Waals surface area contributed by atoms with Gasteiger partial charge in [-0.05, 0) is 58.3 Å². The number of hydrogen-bond acceptors (Lipinski definition) is 2. The van der Waals surface area contributed by atoms with Gasteiger partial charge in [-0.3, -0.25) is 4.99 Å². The van der Waals surface area contributed by atoms with E-state index in [9.17, 15) is 0 Å². The molecular formula is C18H33IN4. The van der Waals surface area contributed by atoms with Crippen molar-refractivity contribution in [3.8, 4) is 0 Å². The molecule has 1 rings (SSSR count). The molecule has 0 saturated carbocycles. The van der Waals surface area contributed by atoms with E-state index >= 15 is 0 Å². The number of aliphatic imine (C=N–C) groups is 1. The first-order chi connectivity index (χ1) is 10.5.